The molecule has 1 amide bonds. The molecule has 0 aromatic heterocycles. The molecule has 1 aliphatic heterocycles. The van der Waals surface area contributed by atoms with Crippen molar-refractivity contribution in [3.63, 3.8) is 0 Å². The first kappa shape index (κ1) is 7.07. The van der Waals surface area contributed by atoms with Gasteiger partial charge in [-0.1, -0.05) is 0 Å². The molecule has 1 aliphatic rings. The molecule has 0 aromatic carbocycles. The van der Waals surface area contributed by atoms with E-state index in [1.54, 1.807) is 11.9 Å². The van der Waals surface area contributed by atoms with Crippen LogP contribution < -0.4 is 0 Å². The number of carbonyl (C=O) groups excluding carboxylic acids is 1. The van der Waals surface area contributed by atoms with Crippen LogP contribution in [-0.2, 0) is 4.79 Å². The smallest absolute Gasteiger partial charge is 0.239 e. The van der Waals surface area contributed by atoms with Crippen LogP contribution in [0.1, 0.15) is 12.8 Å². The number of hydrogen-bond donors (Lipinski definition) is 0. The van der Waals surface area contributed by atoms with E-state index in [9.17, 15) is 4.79 Å². The van der Waals surface area contributed by atoms with Crippen LogP contribution in [0, 0.1) is 17.2 Å². The molecular weight excluding hydrogens is 128 g/mol. The maximum Gasteiger partial charge on any atom is 0.239 e. The van der Waals surface area contributed by atoms with Crippen LogP contribution in [0.2, 0.25) is 0 Å². The molecule has 1 atom stereocenters. The van der Waals surface area contributed by atoms with Gasteiger partial charge in [-0.2, -0.15) is 5.26 Å². The lowest BCUT2D eigenvalue weighted by Crippen LogP contribution is -2.37. The van der Waals surface area contributed by atoms with Crippen molar-refractivity contribution < 1.29 is 4.79 Å². The minimum absolute atomic E-state index is 0.0197. The van der Waals surface area contributed by atoms with Gasteiger partial charge in [0.25, 0.3) is 0 Å². The van der Waals surface area contributed by atoms with Gasteiger partial charge < -0.3 is 4.90 Å². The average Bonchev–Trinajstić information content (AvgIpc) is 1.95. The van der Waals surface area contributed by atoms with Gasteiger partial charge in [-0.05, 0) is 12.8 Å². The van der Waals surface area contributed by atoms with Gasteiger partial charge in [0, 0.05) is 13.6 Å². The fourth-order valence-corrected chi connectivity index (χ4v) is 1.15. The quantitative estimate of drug-likeness (QED) is 0.485. The summed E-state index contributed by atoms with van der Waals surface area (Å²) in [4.78, 5) is 12.7. The average molecular weight is 138 g/mol. The first-order chi connectivity index (χ1) is 4.75. The van der Waals surface area contributed by atoms with E-state index in [1.807, 2.05) is 6.07 Å². The molecule has 10 heavy (non-hydrogen) atoms. The Balaban J connectivity index is 2.62. The highest BCUT2D eigenvalue weighted by atomic mass is 16.2. The molecule has 0 bridgehead atoms. The largest absolute Gasteiger partial charge is 0.345 e. The second kappa shape index (κ2) is 2.70. The third-order valence-corrected chi connectivity index (χ3v) is 1.82. The van der Waals surface area contributed by atoms with Crippen molar-refractivity contribution in [3.8, 4) is 6.07 Å². The van der Waals surface area contributed by atoms with Gasteiger partial charge in [-0.3, -0.25) is 4.79 Å². The highest BCUT2D eigenvalue weighted by molar-refractivity contribution is 5.81. The second-order valence-electron chi connectivity index (χ2n) is 2.58. The van der Waals surface area contributed by atoms with Gasteiger partial charge in [0.15, 0.2) is 0 Å². The molecule has 54 valence electrons. The Labute approximate surface area is 60.2 Å². The summed E-state index contributed by atoms with van der Waals surface area (Å²) in [5.74, 6) is -0.396. The molecule has 0 unspecified atom stereocenters. The first-order valence-electron chi connectivity index (χ1n) is 3.40. The fraction of sp³-hybridized carbons (Fsp3) is 0.714. The molecule has 3 nitrogen and oxygen atoms in total. The molecule has 0 aromatic rings. The Bertz CT molecular complexity index is 183. The standard InChI is InChI=1S/C7H10N2O/c1-9-4-2-3-6(5-8)7(9)10/h6H,2-4H2,1H3/t6-/m1/s1. The van der Waals surface area contributed by atoms with Gasteiger partial charge in [-0.25, -0.2) is 0 Å². The minimum atomic E-state index is -0.376. The summed E-state index contributed by atoms with van der Waals surface area (Å²) in [6, 6.07) is 1.99. The van der Waals surface area contributed by atoms with Crippen molar-refractivity contribution in [1.82, 2.24) is 4.90 Å². The molecule has 0 spiro atoms. The van der Waals surface area contributed by atoms with E-state index in [0.29, 0.717) is 0 Å². The molecule has 0 radical (unpaired) electrons. The first-order valence-corrected chi connectivity index (χ1v) is 3.40. The summed E-state index contributed by atoms with van der Waals surface area (Å²) >= 11 is 0. The van der Waals surface area contributed by atoms with Crippen LogP contribution in [0.5, 0.6) is 0 Å². The molecule has 0 aliphatic carbocycles. The Hall–Kier alpha value is -1.04. The summed E-state index contributed by atoms with van der Waals surface area (Å²) in [5.41, 5.74) is 0. The number of piperidine rings is 1. The van der Waals surface area contributed by atoms with E-state index in [4.69, 9.17) is 5.26 Å². The van der Waals surface area contributed by atoms with Crippen molar-refractivity contribution in [2.45, 2.75) is 12.8 Å². The second-order valence-corrected chi connectivity index (χ2v) is 2.58. The molecule has 3 heteroatoms. The predicted molar refractivity (Wildman–Crippen MR) is 36.0 cm³/mol. The number of amides is 1. The number of rotatable bonds is 0. The van der Waals surface area contributed by atoms with E-state index in [-0.39, 0.29) is 11.8 Å². The summed E-state index contributed by atoms with van der Waals surface area (Å²) in [5, 5.41) is 8.48. The zero-order chi connectivity index (χ0) is 7.56. The lowest BCUT2D eigenvalue weighted by molar-refractivity contribution is -0.134. The van der Waals surface area contributed by atoms with E-state index in [2.05, 4.69) is 0 Å². The van der Waals surface area contributed by atoms with E-state index >= 15 is 0 Å². The summed E-state index contributed by atoms with van der Waals surface area (Å²) in [6.45, 7) is 0.803. The maximum atomic E-state index is 11.1. The topological polar surface area (TPSA) is 44.1 Å². The van der Waals surface area contributed by atoms with Gasteiger partial charge in [0.2, 0.25) is 5.91 Å². The molecule has 1 rings (SSSR count). The van der Waals surface area contributed by atoms with Gasteiger partial charge >= 0.3 is 0 Å². The van der Waals surface area contributed by atoms with Crippen LogP contribution in [0.15, 0.2) is 0 Å². The van der Waals surface area contributed by atoms with Crippen LogP contribution >= 0.6 is 0 Å². The Morgan fingerprint density at radius 3 is 3.00 bits per heavy atom. The lowest BCUT2D eigenvalue weighted by Gasteiger charge is -2.24. The number of nitriles is 1. The number of carbonyl (C=O) groups is 1. The number of likely N-dealkylation sites (tertiary alicyclic amines) is 1. The highest BCUT2D eigenvalue weighted by Gasteiger charge is 2.25. The van der Waals surface area contributed by atoms with Crippen molar-refractivity contribution in [2.24, 2.45) is 5.92 Å². The Morgan fingerprint density at radius 2 is 2.50 bits per heavy atom. The van der Waals surface area contributed by atoms with Gasteiger partial charge in [-0.15, -0.1) is 0 Å². The zero-order valence-corrected chi connectivity index (χ0v) is 6.00. The fourth-order valence-electron chi connectivity index (χ4n) is 1.15. The van der Waals surface area contributed by atoms with E-state index in [0.717, 1.165) is 19.4 Å². The van der Waals surface area contributed by atoms with Crippen molar-refractivity contribution in [3.05, 3.63) is 0 Å². The Kier molecular flexibility index (Phi) is 1.91. The van der Waals surface area contributed by atoms with Crippen molar-refractivity contribution >= 4 is 5.91 Å². The van der Waals surface area contributed by atoms with Crippen LogP contribution in [-0.4, -0.2) is 24.4 Å². The Morgan fingerprint density at radius 1 is 1.80 bits per heavy atom. The molecule has 1 saturated heterocycles. The van der Waals surface area contributed by atoms with Crippen LogP contribution in [0.3, 0.4) is 0 Å². The van der Waals surface area contributed by atoms with E-state index < -0.39 is 0 Å². The molecule has 0 N–H and O–H groups in total. The third-order valence-electron chi connectivity index (χ3n) is 1.82. The number of nitrogens with zero attached hydrogens (tertiary/aromatic N) is 2. The lowest BCUT2D eigenvalue weighted by atomic mass is 9.99. The third kappa shape index (κ3) is 1.10. The zero-order valence-electron chi connectivity index (χ0n) is 6.00. The minimum Gasteiger partial charge on any atom is -0.345 e. The molecule has 0 saturated carbocycles. The monoisotopic (exact) mass is 138 g/mol. The normalized spacial score (nSPS) is 26.2. The summed E-state index contributed by atoms with van der Waals surface area (Å²) < 4.78 is 0. The van der Waals surface area contributed by atoms with Gasteiger partial charge in [0.05, 0.1) is 6.07 Å². The van der Waals surface area contributed by atoms with Crippen molar-refractivity contribution in [2.75, 3.05) is 13.6 Å². The maximum absolute atomic E-state index is 11.1. The SMILES string of the molecule is CN1CCC[C@H](C#N)C1=O. The van der Waals surface area contributed by atoms with Gasteiger partial charge in [0.1, 0.15) is 5.92 Å². The molecule has 1 fully saturated rings. The summed E-state index contributed by atoms with van der Waals surface area (Å²) in [6.07, 6.45) is 1.69. The van der Waals surface area contributed by atoms with Crippen LogP contribution in [0.4, 0.5) is 0 Å². The predicted octanol–water partition coefficient (Wildman–Crippen LogP) is 0.378. The van der Waals surface area contributed by atoms with Crippen molar-refractivity contribution in [1.29, 1.82) is 5.26 Å². The molecule has 1 heterocycles. The number of hydrogen-bond acceptors (Lipinski definition) is 2. The highest BCUT2D eigenvalue weighted by Crippen LogP contribution is 2.14. The van der Waals surface area contributed by atoms with E-state index in [1.165, 1.54) is 0 Å². The van der Waals surface area contributed by atoms with Crippen LogP contribution in [0.25, 0.3) is 0 Å². The molecular formula is C7H10N2O. The summed E-state index contributed by atoms with van der Waals surface area (Å²) in [7, 11) is 1.74.